The van der Waals surface area contributed by atoms with Crippen LogP contribution in [-0.4, -0.2) is 84.6 Å². The van der Waals surface area contributed by atoms with Gasteiger partial charge >= 0.3 is 0 Å². The molecule has 0 heterocycles. The molecule has 0 bridgehead atoms. The van der Waals surface area contributed by atoms with Gasteiger partial charge in [-0.05, 0) is 6.42 Å². The predicted octanol–water partition coefficient (Wildman–Crippen LogP) is 5.79. The zero-order valence-corrected chi connectivity index (χ0v) is 22.4. The topological polar surface area (TPSA) is 55.4 Å². The molecule has 0 atom stereocenters. The summed E-state index contributed by atoms with van der Waals surface area (Å²) >= 11 is 3.31. The summed E-state index contributed by atoms with van der Waals surface area (Å²) in [6.45, 7) is 9.87. The van der Waals surface area contributed by atoms with Crippen LogP contribution in [0, 0.1) is 0 Å². The highest BCUT2D eigenvalue weighted by Crippen LogP contribution is 2.11. The number of alkyl halides is 1. The monoisotopic (exact) mass is 526 g/mol. The summed E-state index contributed by atoms with van der Waals surface area (Å²) in [5.74, 6) is 0. The maximum atomic E-state index is 5.63. The third-order valence-corrected chi connectivity index (χ3v) is 5.30. The second kappa shape index (κ2) is 31.2. The molecule has 0 unspecified atom stereocenters. The van der Waals surface area contributed by atoms with E-state index in [4.69, 9.17) is 28.4 Å². The first-order chi connectivity index (χ1) is 15.9. The first-order valence-corrected chi connectivity index (χ1v) is 14.1. The summed E-state index contributed by atoms with van der Waals surface area (Å²) in [4.78, 5) is 0. The van der Waals surface area contributed by atoms with Crippen molar-refractivity contribution in [1.29, 1.82) is 0 Å². The SMILES string of the molecule is CCCCCCCCCCCCCOCCOCCOCCOCCOCCOCCBr. The van der Waals surface area contributed by atoms with Crippen molar-refractivity contribution in [3.63, 3.8) is 0 Å². The van der Waals surface area contributed by atoms with Gasteiger partial charge in [0.2, 0.25) is 0 Å². The molecule has 0 N–H and O–H groups in total. The lowest BCUT2D eigenvalue weighted by atomic mass is 10.1. The molecule has 32 heavy (non-hydrogen) atoms. The van der Waals surface area contributed by atoms with Crippen LogP contribution in [0.3, 0.4) is 0 Å². The van der Waals surface area contributed by atoms with Crippen LogP contribution in [0.1, 0.15) is 77.6 Å². The molecule has 0 aromatic heterocycles. The van der Waals surface area contributed by atoms with Crippen molar-refractivity contribution in [1.82, 2.24) is 0 Å². The molecule has 0 radical (unpaired) electrons. The molecule has 0 saturated heterocycles. The number of hydrogen-bond donors (Lipinski definition) is 0. The van der Waals surface area contributed by atoms with E-state index in [2.05, 4.69) is 22.9 Å². The fourth-order valence-electron chi connectivity index (χ4n) is 3.12. The highest BCUT2D eigenvalue weighted by atomic mass is 79.9. The fourth-order valence-corrected chi connectivity index (χ4v) is 3.35. The minimum Gasteiger partial charge on any atom is -0.379 e. The van der Waals surface area contributed by atoms with Crippen LogP contribution in [0.2, 0.25) is 0 Å². The summed E-state index contributed by atoms with van der Waals surface area (Å²) in [6, 6.07) is 0. The number of hydrogen-bond acceptors (Lipinski definition) is 6. The summed E-state index contributed by atoms with van der Waals surface area (Å²) < 4.78 is 32.7. The summed E-state index contributed by atoms with van der Waals surface area (Å²) in [5.41, 5.74) is 0. The van der Waals surface area contributed by atoms with Crippen LogP contribution in [0.5, 0.6) is 0 Å². The molecule has 0 spiro atoms. The molecule has 0 aliphatic rings. The van der Waals surface area contributed by atoms with Crippen molar-refractivity contribution in [2.45, 2.75) is 77.6 Å². The minimum absolute atomic E-state index is 0.575. The Morgan fingerprint density at radius 1 is 0.344 bits per heavy atom. The van der Waals surface area contributed by atoms with E-state index in [0.717, 1.165) is 18.4 Å². The molecule has 0 aliphatic carbocycles. The number of unbranched alkanes of at least 4 members (excludes halogenated alkanes) is 10. The van der Waals surface area contributed by atoms with Gasteiger partial charge in [-0.15, -0.1) is 0 Å². The van der Waals surface area contributed by atoms with Crippen molar-refractivity contribution in [3.8, 4) is 0 Å². The smallest absolute Gasteiger partial charge is 0.0701 e. The van der Waals surface area contributed by atoms with Crippen LogP contribution >= 0.6 is 15.9 Å². The average molecular weight is 528 g/mol. The molecule has 0 rings (SSSR count). The van der Waals surface area contributed by atoms with E-state index >= 15 is 0 Å². The van der Waals surface area contributed by atoms with Gasteiger partial charge in [0.25, 0.3) is 0 Å². The number of halogens is 1. The quantitative estimate of drug-likeness (QED) is 0.0907. The first-order valence-electron chi connectivity index (χ1n) is 12.9. The molecule has 0 fully saturated rings. The Morgan fingerprint density at radius 2 is 0.625 bits per heavy atom. The minimum atomic E-state index is 0.575. The summed E-state index contributed by atoms with van der Waals surface area (Å²) in [6.07, 6.45) is 15.0. The maximum Gasteiger partial charge on any atom is 0.0701 e. The van der Waals surface area contributed by atoms with Crippen LogP contribution in [0.25, 0.3) is 0 Å². The van der Waals surface area contributed by atoms with Crippen LogP contribution in [-0.2, 0) is 28.4 Å². The molecule has 0 aromatic rings. The standard InChI is InChI=1S/C25H51BrO6/c1-2-3-4-5-6-7-8-9-10-11-12-14-27-16-18-29-20-22-31-24-25-32-23-21-30-19-17-28-15-13-26/h2-25H2,1H3. The van der Waals surface area contributed by atoms with Gasteiger partial charge in [-0.2, -0.15) is 0 Å². The molecule has 6 nitrogen and oxygen atoms in total. The molecule has 7 heteroatoms. The van der Waals surface area contributed by atoms with Gasteiger partial charge in [-0.1, -0.05) is 87.1 Å². The lowest BCUT2D eigenvalue weighted by Gasteiger charge is -2.08. The van der Waals surface area contributed by atoms with E-state index in [1.165, 1.54) is 64.2 Å². The Hall–Kier alpha value is 0.240. The Kier molecular flexibility index (Phi) is 31.5. The van der Waals surface area contributed by atoms with Gasteiger partial charge in [0.05, 0.1) is 72.7 Å². The average Bonchev–Trinajstić information content (AvgIpc) is 2.81. The summed E-state index contributed by atoms with van der Waals surface area (Å²) in [5, 5.41) is 0.856. The highest BCUT2D eigenvalue weighted by Gasteiger charge is 1.95. The Labute approximate surface area is 206 Å². The number of ether oxygens (including phenoxy) is 6. The molecule has 0 aromatic carbocycles. The molecule has 194 valence electrons. The van der Waals surface area contributed by atoms with Gasteiger partial charge < -0.3 is 28.4 Å². The zero-order chi connectivity index (χ0) is 23.2. The third kappa shape index (κ3) is 30.2. The molecular formula is C25H51BrO6. The van der Waals surface area contributed by atoms with E-state index in [-0.39, 0.29) is 0 Å². The second-order valence-corrected chi connectivity index (χ2v) is 8.69. The van der Waals surface area contributed by atoms with Crippen LogP contribution in [0.15, 0.2) is 0 Å². The highest BCUT2D eigenvalue weighted by molar-refractivity contribution is 9.09. The van der Waals surface area contributed by atoms with Gasteiger partial charge in [0, 0.05) is 11.9 Å². The van der Waals surface area contributed by atoms with Crippen molar-refractivity contribution < 1.29 is 28.4 Å². The fraction of sp³-hybridized carbons (Fsp3) is 1.00. The second-order valence-electron chi connectivity index (χ2n) is 7.90. The van der Waals surface area contributed by atoms with E-state index in [9.17, 15) is 0 Å². The lowest BCUT2D eigenvalue weighted by molar-refractivity contribution is -0.0162. The zero-order valence-electron chi connectivity index (χ0n) is 20.8. The van der Waals surface area contributed by atoms with E-state index in [0.29, 0.717) is 72.7 Å². The van der Waals surface area contributed by atoms with Gasteiger partial charge in [-0.3, -0.25) is 0 Å². The molecule has 0 saturated carbocycles. The van der Waals surface area contributed by atoms with Crippen molar-refractivity contribution in [3.05, 3.63) is 0 Å². The van der Waals surface area contributed by atoms with Gasteiger partial charge in [-0.25, -0.2) is 0 Å². The van der Waals surface area contributed by atoms with Gasteiger partial charge in [0.15, 0.2) is 0 Å². The van der Waals surface area contributed by atoms with Crippen molar-refractivity contribution in [2.24, 2.45) is 0 Å². The van der Waals surface area contributed by atoms with E-state index in [1.807, 2.05) is 0 Å². The molecule has 0 aliphatic heterocycles. The molecule has 0 amide bonds. The maximum absolute atomic E-state index is 5.63. The Balaban J connectivity index is 2.98. The van der Waals surface area contributed by atoms with Crippen LogP contribution in [0.4, 0.5) is 0 Å². The van der Waals surface area contributed by atoms with Crippen molar-refractivity contribution >= 4 is 15.9 Å². The number of rotatable bonds is 29. The summed E-state index contributed by atoms with van der Waals surface area (Å²) in [7, 11) is 0. The predicted molar refractivity (Wildman–Crippen MR) is 135 cm³/mol. The van der Waals surface area contributed by atoms with Crippen LogP contribution < -0.4 is 0 Å². The first kappa shape index (κ1) is 32.2. The molecular weight excluding hydrogens is 476 g/mol. The largest absolute Gasteiger partial charge is 0.379 e. The van der Waals surface area contributed by atoms with E-state index in [1.54, 1.807) is 0 Å². The van der Waals surface area contributed by atoms with Crippen molar-refractivity contribution in [2.75, 3.05) is 84.6 Å². The van der Waals surface area contributed by atoms with Gasteiger partial charge in [0.1, 0.15) is 0 Å². The Bertz CT molecular complexity index is 293. The Morgan fingerprint density at radius 3 is 0.969 bits per heavy atom. The lowest BCUT2D eigenvalue weighted by Crippen LogP contribution is -2.14. The van der Waals surface area contributed by atoms with E-state index < -0.39 is 0 Å². The normalized spacial score (nSPS) is 11.4. The third-order valence-electron chi connectivity index (χ3n) is 4.97.